The standard InChI is InChI=1S/C26H26FN5O4S/c1-14-4-7-23(20(27)8-14)37(33,34)32-21-10-18(12-29-25(21)35-3)17-9-19-15(2)30-26(28)31-24(19)22(11-17)36-13-16-5-6-16/h4,7-12,16,32H,5-6,13H2,1-3H3,(H2,28,30,31). The largest absolute Gasteiger partial charge is 0.491 e. The number of rotatable bonds is 8. The summed E-state index contributed by atoms with van der Waals surface area (Å²) in [6, 6.07) is 9.18. The van der Waals surface area contributed by atoms with Gasteiger partial charge < -0.3 is 15.2 Å². The van der Waals surface area contributed by atoms with Gasteiger partial charge in [0.15, 0.2) is 0 Å². The number of sulfonamides is 1. The van der Waals surface area contributed by atoms with E-state index < -0.39 is 20.7 Å². The Hall–Kier alpha value is -3.99. The van der Waals surface area contributed by atoms with Crippen molar-refractivity contribution >= 4 is 32.6 Å². The summed E-state index contributed by atoms with van der Waals surface area (Å²) >= 11 is 0. The van der Waals surface area contributed by atoms with E-state index >= 15 is 0 Å². The molecule has 0 aliphatic heterocycles. The number of benzene rings is 2. The SMILES string of the molecule is COc1ncc(-c2cc(OCC3CC3)c3nc(N)nc(C)c3c2)cc1NS(=O)(=O)c1ccc(C)cc1F. The van der Waals surface area contributed by atoms with Crippen LogP contribution in [0.2, 0.25) is 0 Å². The van der Waals surface area contributed by atoms with Gasteiger partial charge in [-0.15, -0.1) is 0 Å². The molecule has 2 heterocycles. The van der Waals surface area contributed by atoms with E-state index in [4.69, 9.17) is 15.2 Å². The molecule has 5 rings (SSSR count). The number of nitrogen functional groups attached to an aromatic ring is 1. The first-order valence-electron chi connectivity index (χ1n) is 11.7. The average molecular weight is 524 g/mol. The highest BCUT2D eigenvalue weighted by Gasteiger charge is 2.24. The van der Waals surface area contributed by atoms with Crippen LogP contribution in [0.5, 0.6) is 11.6 Å². The number of aryl methyl sites for hydroxylation is 2. The predicted molar refractivity (Wildman–Crippen MR) is 139 cm³/mol. The van der Waals surface area contributed by atoms with Gasteiger partial charge in [0.1, 0.15) is 27.7 Å². The number of fused-ring (bicyclic) bond motifs is 1. The topological polar surface area (TPSA) is 129 Å². The van der Waals surface area contributed by atoms with Crippen molar-refractivity contribution in [3.8, 4) is 22.8 Å². The normalized spacial score (nSPS) is 13.5. The number of hydrogen-bond donors (Lipinski definition) is 2. The van der Waals surface area contributed by atoms with Crippen molar-refractivity contribution in [1.82, 2.24) is 15.0 Å². The van der Waals surface area contributed by atoms with Crippen molar-refractivity contribution in [2.45, 2.75) is 31.6 Å². The molecule has 0 amide bonds. The average Bonchev–Trinajstić information content (AvgIpc) is 3.66. The minimum Gasteiger partial charge on any atom is -0.491 e. The summed E-state index contributed by atoms with van der Waals surface area (Å²) in [6.45, 7) is 4.07. The Kier molecular flexibility index (Phi) is 6.32. The lowest BCUT2D eigenvalue weighted by atomic mass is 10.0. The fraction of sp³-hybridized carbons (Fsp3) is 0.269. The molecule has 0 saturated heterocycles. The van der Waals surface area contributed by atoms with Crippen LogP contribution in [-0.2, 0) is 10.0 Å². The Morgan fingerprint density at radius 1 is 1.11 bits per heavy atom. The molecule has 192 valence electrons. The Labute approximate surface area is 213 Å². The monoisotopic (exact) mass is 523 g/mol. The highest BCUT2D eigenvalue weighted by Crippen LogP contribution is 2.37. The molecule has 2 aromatic heterocycles. The van der Waals surface area contributed by atoms with Crippen LogP contribution in [0.15, 0.2) is 47.5 Å². The molecule has 4 aromatic rings. The van der Waals surface area contributed by atoms with E-state index in [1.54, 1.807) is 19.2 Å². The number of ether oxygens (including phenoxy) is 2. The van der Waals surface area contributed by atoms with E-state index in [0.29, 0.717) is 46.2 Å². The van der Waals surface area contributed by atoms with Crippen LogP contribution in [0.4, 0.5) is 16.0 Å². The first kappa shape index (κ1) is 24.7. The molecule has 0 bridgehead atoms. The van der Waals surface area contributed by atoms with Crippen LogP contribution < -0.4 is 19.9 Å². The third-order valence-electron chi connectivity index (χ3n) is 6.14. The molecule has 0 radical (unpaired) electrons. The Bertz CT molecular complexity index is 1620. The number of halogens is 1. The Morgan fingerprint density at radius 3 is 2.59 bits per heavy atom. The van der Waals surface area contributed by atoms with Crippen LogP contribution in [0.1, 0.15) is 24.1 Å². The molecule has 0 spiro atoms. The Morgan fingerprint density at radius 2 is 1.89 bits per heavy atom. The van der Waals surface area contributed by atoms with Crippen molar-refractivity contribution in [2.24, 2.45) is 5.92 Å². The summed E-state index contributed by atoms with van der Waals surface area (Å²) < 4.78 is 54.3. The third kappa shape index (κ3) is 5.12. The number of nitrogens with one attached hydrogen (secondary N) is 1. The second-order valence-corrected chi connectivity index (χ2v) is 10.8. The molecule has 0 atom stereocenters. The molecular weight excluding hydrogens is 497 g/mol. The quantitative estimate of drug-likeness (QED) is 0.342. The second-order valence-electron chi connectivity index (χ2n) is 9.11. The first-order valence-corrected chi connectivity index (χ1v) is 13.2. The van der Waals surface area contributed by atoms with E-state index in [-0.39, 0.29) is 17.5 Å². The smallest absolute Gasteiger partial charge is 0.264 e. The van der Waals surface area contributed by atoms with Crippen molar-refractivity contribution in [3.05, 3.63) is 59.7 Å². The summed E-state index contributed by atoms with van der Waals surface area (Å²) in [5.41, 5.74) is 9.13. The maximum atomic E-state index is 14.5. The van der Waals surface area contributed by atoms with Crippen LogP contribution in [-0.4, -0.2) is 37.1 Å². The van der Waals surface area contributed by atoms with Gasteiger partial charge >= 0.3 is 0 Å². The fourth-order valence-electron chi connectivity index (χ4n) is 4.01. The first-order chi connectivity index (χ1) is 17.6. The number of methoxy groups -OCH3 is 1. The predicted octanol–water partition coefficient (Wildman–Crippen LogP) is 4.63. The van der Waals surface area contributed by atoms with Crippen molar-refractivity contribution in [3.63, 3.8) is 0 Å². The number of nitrogens with zero attached hydrogens (tertiary/aromatic N) is 3. The van der Waals surface area contributed by atoms with Crippen LogP contribution in [0.25, 0.3) is 22.0 Å². The van der Waals surface area contributed by atoms with E-state index in [0.717, 1.165) is 24.3 Å². The van der Waals surface area contributed by atoms with E-state index in [2.05, 4.69) is 19.7 Å². The molecule has 1 saturated carbocycles. The molecule has 2 aromatic carbocycles. The lowest BCUT2D eigenvalue weighted by Gasteiger charge is -2.15. The summed E-state index contributed by atoms with van der Waals surface area (Å²) in [5.74, 6) is 0.414. The number of nitrogens with two attached hydrogens (primary N) is 1. The third-order valence-corrected chi connectivity index (χ3v) is 7.54. The zero-order chi connectivity index (χ0) is 26.3. The number of hydrogen-bond acceptors (Lipinski definition) is 8. The highest BCUT2D eigenvalue weighted by atomic mass is 32.2. The van der Waals surface area contributed by atoms with Crippen molar-refractivity contribution < 1.29 is 22.3 Å². The minimum atomic E-state index is -4.26. The molecule has 1 aliphatic carbocycles. The van der Waals surface area contributed by atoms with E-state index in [1.165, 1.54) is 19.2 Å². The number of aromatic nitrogens is 3. The summed E-state index contributed by atoms with van der Waals surface area (Å²) in [4.78, 5) is 12.5. The number of anilines is 2. The molecule has 0 unspecified atom stereocenters. The highest BCUT2D eigenvalue weighted by molar-refractivity contribution is 7.92. The zero-order valence-electron chi connectivity index (χ0n) is 20.6. The summed E-state index contributed by atoms with van der Waals surface area (Å²) in [6.07, 6.45) is 3.81. The van der Waals surface area contributed by atoms with Gasteiger partial charge in [-0.05, 0) is 74.1 Å². The fourth-order valence-corrected chi connectivity index (χ4v) is 5.12. The molecule has 9 nitrogen and oxygen atoms in total. The van der Waals surface area contributed by atoms with Crippen LogP contribution >= 0.6 is 0 Å². The van der Waals surface area contributed by atoms with Gasteiger partial charge in [0, 0.05) is 17.1 Å². The summed E-state index contributed by atoms with van der Waals surface area (Å²) in [7, 11) is -2.89. The maximum absolute atomic E-state index is 14.5. The molecular formula is C26H26FN5O4S. The van der Waals surface area contributed by atoms with Crippen LogP contribution in [0, 0.1) is 25.6 Å². The lowest BCUT2D eigenvalue weighted by Crippen LogP contribution is -2.15. The van der Waals surface area contributed by atoms with Crippen molar-refractivity contribution in [1.29, 1.82) is 0 Å². The van der Waals surface area contributed by atoms with Gasteiger partial charge in [-0.1, -0.05) is 6.07 Å². The lowest BCUT2D eigenvalue weighted by molar-refractivity contribution is 0.303. The molecule has 37 heavy (non-hydrogen) atoms. The maximum Gasteiger partial charge on any atom is 0.264 e. The second kappa shape index (κ2) is 9.47. The van der Waals surface area contributed by atoms with E-state index in [1.807, 2.05) is 19.1 Å². The van der Waals surface area contributed by atoms with Gasteiger partial charge in [-0.2, -0.15) is 0 Å². The molecule has 3 N–H and O–H groups in total. The van der Waals surface area contributed by atoms with Crippen LogP contribution in [0.3, 0.4) is 0 Å². The van der Waals surface area contributed by atoms with E-state index in [9.17, 15) is 12.8 Å². The zero-order valence-corrected chi connectivity index (χ0v) is 21.4. The molecule has 1 aliphatic rings. The molecule has 1 fully saturated rings. The van der Waals surface area contributed by atoms with Gasteiger partial charge in [-0.25, -0.2) is 27.8 Å². The summed E-state index contributed by atoms with van der Waals surface area (Å²) in [5, 5.41) is 0.747. The van der Waals surface area contributed by atoms with Gasteiger partial charge in [0.25, 0.3) is 10.0 Å². The molecule has 11 heteroatoms. The van der Waals surface area contributed by atoms with Gasteiger partial charge in [0.05, 0.1) is 19.4 Å². The van der Waals surface area contributed by atoms with Gasteiger partial charge in [0.2, 0.25) is 11.8 Å². The Balaban J connectivity index is 1.58. The van der Waals surface area contributed by atoms with Gasteiger partial charge in [-0.3, -0.25) is 4.72 Å². The minimum absolute atomic E-state index is 0.0399. The number of pyridine rings is 1. The van der Waals surface area contributed by atoms with Crippen molar-refractivity contribution in [2.75, 3.05) is 24.2 Å².